The topological polar surface area (TPSA) is 55.1 Å². The molecule has 2 aliphatic rings. The van der Waals surface area contributed by atoms with Gasteiger partial charge in [0.2, 0.25) is 5.91 Å². The van der Waals surface area contributed by atoms with Crippen molar-refractivity contribution in [3.05, 3.63) is 0 Å². The van der Waals surface area contributed by atoms with Gasteiger partial charge in [-0.2, -0.15) is 0 Å². The van der Waals surface area contributed by atoms with Gasteiger partial charge < -0.3 is 11.1 Å². The van der Waals surface area contributed by atoms with Gasteiger partial charge in [0, 0.05) is 17.5 Å². The van der Waals surface area contributed by atoms with Crippen LogP contribution in [0.25, 0.3) is 0 Å². The Labute approximate surface area is 91.8 Å². The van der Waals surface area contributed by atoms with E-state index in [4.69, 9.17) is 5.73 Å². The molecule has 0 heterocycles. The molecule has 2 rings (SSSR count). The first-order valence-electron chi connectivity index (χ1n) is 6.11. The van der Waals surface area contributed by atoms with Gasteiger partial charge in [0.1, 0.15) is 0 Å². The Bertz CT molecular complexity index is 252. The van der Waals surface area contributed by atoms with Gasteiger partial charge in [-0.1, -0.05) is 12.8 Å². The summed E-state index contributed by atoms with van der Waals surface area (Å²) in [5, 5.41) is 3.13. The van der Waals surface area contributed by atoms with E-state index in [2.05, 4.69) is 12.2 Å². The summed E-state index contributed by atoms with van der Waals surface area (Å²) in [6, 6.07) is 0. The Hall–Kier alpha value is -0.570. The molecule has 0 radical (unpaired) electrons. The Morgan fingerprint density at radius 3 is 2.27 bits per heavy atom. The quantitative estimate of drug-likeness (QED) is 0.745. The summed E-state index contributed by atoms with van der Waals surface area (Å²) < 4.78 is 0. The molecule has 0 saturated heterocycles. The normalized spacial score (nSPS) is 27.1. The summed E-state index contributed by atoms with van der Waals surface area (Å²) in [5.74, 6) is 0.154. The maximum atomic E-state index is 11.8. The molecule has 0 spiro atoms. The molecule has 15 heavy (non-hydrogen) atoms. The second-order valence-electron chi connectivity index (χ2n) is 5.71. The number of amides is 1. The molecule has 0 aromatic carbocycles. The molecule has 0 bridgehead atoms. The van der Waals surface area contributed by atoms with E-state index in [0.29, 0.717) is 6.42 Å². The van der Waals surface area contributed by atoms with Crippen molar-refractivity contribution in [2.24, 2.45) is 5.73 Å². The van der Waals surface area contributed by atoms with Gasteiger partial charge in [-0.05, 0) is 39.0 Å². The van der Waals surface area contributed by atoms with Crippen LogP contribution in [-0.2, 0) is 4.79 Å². The number of rotatable bonds is 3. The van der Waals surface area contributed by atoms with E-state index in [0.717, 1.165) is 25.7 Å². The third-order valence-corrected chi connectivity index (χ3v) is 4.01. The minimum absolute atomic E-state index is 0.0754. The van der Waals surface area contributed by atoms with E-state index in [1.54, 1.807) is 0 Å². The predicted molar refractivity (Wildman–Crippen MR) is 60.4 cm³/mol. The standard InChI is InChI=1S/C12H22N2O/c1-11(5-4-6-11)14-10(15)9-12(13)7-2-3-8-12/h2-9,13H2,1H3,(H,14,15). The van der Waals surface area contributed by atoms with E-state index in [1.165, 1.54) is 19.3 Å². The molecule has 3 N–H and O–H groups in total. The monoisotopic (exact) mass is 210 g/mol. The van der Waals surface area contributed by atoms with Gasteiger partial charge in [0.05, 0.1) is 0 Å². The minimum Gasteiger partial charge on any atom is -0.351 e. The number of nitrogens with one attached hydrogen (secondary N) is 1. The second-order valence-corrected chi connectivity index (χ2v) is 5.71. The Kier molecular flexibility index (Phi) is 2.75. The van der Waals surface area contributed by atoms with Crippen molar-refractivity contribution in [1.82, 2.24) is 5.32 Å². The highest BCUT2D eigenvalue weighted by Gasteiger charge is 2.36. The van der Waals surface area contributed by atoms with Crippen LogP contribution in [0, 0.1) is 0 Å². The van der Waals surface area contributed by atoms with E-state index < -0.39 is 0 Å². The summed E-state index contributed by atoms with van der Waals surface area (Å²) in [4.78, 5) is 11.8. The van der Waals surface area contributed by atoms with Crippen molar-refractivity contribution in [2.75, 3.05) is 0 Å². The highest BCUT2D eigenvalue weighted by Crippen LogP contribution is 2.33. The summed E-state index contributed by atoms with van der Waals surface area (Å²) in [7, 11) is 0. The van der Waals surface area contributed by atoms with Gasteiger partial charge in [0.15, 0.2) is 0 Å². The summed E-state index contributed by atoms with van der Waals surface area (Å²) >= 11 is 0. The first kappa shape index (κ1) is 10.9. The van der Waals surface area contributed by atoms with Gasteiger partial charge in [-0.15, -0.1) is 0 Å². The number of hydrogen-bond acceptors (Lipinski definition) is 2. The van der Waals surface area contributed by atoms with Crippen molar-refractivity contribution >= 4 is 5.91 Å². The van der Waals surface area contributed by atoms with Crippen LogP contribution in [0.4, 0.5) is 0 Å². The summed E-state index contributed by atoms with van der Waals surface area (Å²) in [6.45, 7) is 2.13. The summed E-state index contributed by atoms with van der Waals surface area (Å²) in [6.07, 6.45) is 8.39. The molecule has 0 aliphatic heterocycles. The third kappa shape index (κ3) is 2.51. The lowest BCUT2D eigenvalue weighted by molar-refractivity contribution is -0.125. The molecule has 2 aliphatic carbocycles. The molecule has 0 atom stereocenters. The summed E-state index contributed by atoms with van der Waals surface area (Å²) in [5.41, 5.74) is 6.05. The van der Waals surface area contributed by atoms with Crippen molar-refractivity contribution in [3.63, 3.8) is 0 Å². The van der Waals surface area contributed by atoms with Crippen molar-refractivity contribution in [2.45, 2.75) is 69.4 Å². The van der Waals surface area contributed by atoms with Gasteiger partial charge in [-0.3, -0.25) is 4.79 Å². The average molecular weight is 210 g/mol. The molecule has 1 amide bonds. The SMILES string of the molecule is CC1(NC(=O)CC2(N)CCCC2)CCC1. The van der Waals surface area contributed by atoms with E-state index in [9.17, 15) is 4.79 Å². The van der Waals surface area contributed by atoms with Crippen LogP contribution in [0.2, 0.25) is 0 Å². The zero-order chi connectivity index (χ0) is 10.9. The molecular formula is C12H22N2O. The molecular weight excluding hydrogens is 188 g/mol. The molecule has 0 unspecified atom stereocenters. The van der Waals surface area contributed by atoms with Crippen LogP contribution in [0.3, 0.4) is 0 Å². The lowest BCUT2D eigenvalue weighted by Gasteiger charge is -2.40. The fourth-order valence-electron chi connectivity index (χ4n) is 2.79. The predicted octanol–water partition coefficient (Wildman–Crippen LogP) is 1.71. The maximum absolute atomic E-state index is 11.8. The third-order valence-electron chi connectivity index (χ3n) is 4.01. The largest absolute Gasteiger partial charge is 0.351 e. The zero-order valence-corrected chi connectivity index (χ0v) is 9.64. The highest BCUT2D eigenvalue weighted by molar-refractivity contribution is 5.78. The second kappa shape index (κ2) is 3.78. The Balaban J connectivity index is 1.81. The van der Waals surface area contributed by atoms with Crippen LogP contribution in [0.5, 0.6) is 0 Å². The van der Waals surface area contributed by atoms with Crippen LogP contribution < -0.4 is 11.1 Å². The minimum atomic E-state index is -0.204. The molecule has 0 aromatic rings. The van der Waals surface area contributed by atoms with E-state index in [-0.39, 0.29) is 17.0 Å². The van der Waals surface area contributed by atoms with Crippen molar-refractivity contribution in [3.8, 4) is 0 Å². The van der Waals surface area contributed by atoms with Gasteiger partial charge >= 0.3 is 0 Å². The van der Waals surface area contributed by atoms with E-state index in [1.807, 2.05) is 0 Å². The number of carbonyl (C=O) groups excluding carboxylic acids is 1. The lowest BCUT2D eigenvalue weighted by Crippen LogP contribution is -2.53. The molecule has 3 heteroatoms. The first-order chi connectivity index (χ1) is 7.02. The molecule has 2 saturated carbocycles. The van der Waals surface area contributed by atoms with Crippen LogP contribution in [0.1, 0.15) is 58.3 Å². The molecule has 3 nitrogen and oxygen atoms in total. The fraction of sp³-hybridized carbons (Fsp3) is 0.917. The zero-order valence-electron chi connectivity index (χ0n) is 9.64. The number of carbonyl (C=O) groups is 1. The molecule has 2 fully saturated rings. The van der Waals surface area contributed by atoms with Gasteiger partial charge in [0.25, 0.3) is 0 Å². The maximum Gasteiger partial charge on any atom is 0.222 e. The highest BCUT2D eigenvalue weighted by atomic mass is 16.1. The van der Waals surface area contributed by atoms with Gasteiger partial charge in [-0.25, -0.2) is 0 Å². The van der Waals surface area contributed by atoms with Crippen molar-refractivity contribution in [1.29, 1.82) is 0 Å². The van der Waals surface area contributed by atoms with E-state index >= 15 is 0 Å². The number of hydrogen-bond donors (Lipinski definition) is 2. The molecule has 86 valence electrons. The first-order valence-corrected chi connectivity index (χ1v) is 6.11. The van der Waals surface area contributed by atoms with Crippen LogP contribution in [-0.4, -0.2) is 17.0 Å². The smallest absolute Gasteiger partial charge is 0.222 e. The Morgan fingerprint density at radius 2 is 1.80 bits per heavy atom. The fourth-order valence-corrected chi connectivity index (χ4v) is 2.79. The van der Waals surface area contributed by atoms with Crippen LogP contribution in [0.15, 0.2) is 0 Å². The lowest BCUT2D eigenvalue weighted by atomic mass is 9.78. The number of nitrogens with two attached hydrogens (primary N) is 1. The average Bonchev–Trinajstić information content (AvgIpc) is 2.48. The molecule has 0 aromatic heterocycles. The van der Waals surface area contributed by atoms with Crippen LogP contribution >= 0.6 is 0 Å². The van der Waals surface area contributed by atoms with Crippen molar-refractivity contribution < 1.29 is 4.79 Å². The Morgan fingerprint density at radius 1 is 1.20 bits per heavy atom.